The van der Waals surface area contributed by atoms with E-state index in [1.165, 1.54) is 25.7 Å². The summed E-state index contributed by atoms with van der Waals surface area (Å²) in [5.41, 5.74) is 0. The Balaban J connectivity index is 1.92. The second-order valence-corrected chi connectivity index (χ2v) is 5.66. The highest BCUT2D eigenvalue weighted by molar-refractivity contribution is 7.99. The number of amides is 1. The zero-order valence-electron chi connectivity index (χ0n) is 9.53. The van der Waals surface area contributed by atoms with Gasteiger partial charge in [-0.3, -0.25) is 10.1 Å². The van der Waals surface area contributed by atoms with Crippen LogP contribution in [0.5, 0.6) is 0 Å². The molecule has 1 heterocycles. The molecule has 15 heavy (non-hydrogen) atoms. The van der Waals surface area contributed by atoms with Crippen molar-refractivity contribution >= 4 is 17.7 Å². The second kappa shape index (κ2) is 4.74. The maximum Gasteiger partial charge on any atom is 0.238 e. The lowest BCUT2D eigenvalue weighted by Crippen LogP contribution is -2.45. The van der Waals surface area contributed by atoms with Crippen LogP contribution in [0, 0.1) is 0 Å². The van der Waals surface area contributed by atoms with Crippen molar-refractivity contribution in [3.63, 3.8) is 0 Å². The standard InChI is InChI=1S/C11H20N2OS/c1-8-12-7-11(14)13(8)9-3-5-10(15-2)6-4-9/h8-10,12H,3-7H2,1-2H3. The summed E-state index contributed by atoms with van der Waals surface area (Å²) in [5, 5.41) is 4.03. The Labute approximate surface area is 96.0 Å². The molecule has 86 valence electrons. The molecule has 0 radical (unpaired) electrons. The van der Waals surface area contributed by atoms with Crippen LogP contribution >= 0.6 is 11.8 Å². The molecule has 1 N–H and O–H groups in total. The maximum absolute atomic E-state index is 11.7. The van der Waals surface area contributed by atoms with E-state index >= 15 is 0 Å². The van der Waals surface area contributed by atoms with E-state index in [1.54, 1.807) is 0 Å². The second-order valence-electron chi connectivity index (χ2n) is 4.52. The first-order valence-corrected chi connectivity index (χ1v) is 7.08. The number of rotatable bonds is 2. The lowest BCUT2D eigenvalue weighted by Gasteiger charge is -2.36. The minimum absolute atomic E-state index is 0.244. The quantitative estimate of drug-likeness (QED) is 0.776. The Morgan fingerprint density at radius 3 is 2.47 bits per heavy atom. The molecule has 1 unspecified atom stereocenters. The molecule has 0 aromatic carbocycles. The summed E-state index contributed by atoms with van der Waals surface area (Å²) in [6, 6.07) is 0.492. The predicted octanol–water partition coefficient (Wildman–Crippen LogP) is 1.44. The lowest BCUT2D eigenvalue weighted by atomic mass is 9.93. The van der Waals surface area contributed by atoms with Crippen LogP contribution in [0.3, 0.4) is 0 Å². The Morgan fingerprint density at radius 2 is 2.00 bits per heavy atom. The zero-order chi connectivity index (χ0) is 10.8. The third-order valence-electron chi connectivity index (χ3n) is 3.62. The molecule has 4 heteroatoms. The first kappa shape index (κ1) is 11.3. The Bertz CT molecular complexity index is 239. The topological polar surface area (TPSA) is 32.3 Å². The molecule has 0 spiro atoms. The van der Waals surface area contributed by atoms with Gasteiger partial charge in [-0.25, -0.2) is 0 Å². The third-order valence-corrected chi connectivity index (χ3v) is 4.76. The molecule has 0 bridgehead atoms. The largest absolute Gasteiger partial charge is 0.323 e. The average molecular weight is 228 g/mol. The summed E-state index contributed by atoms with van der Waals surface area (Å²) in [6.45, 7) is 2.62. The van der Waals surface area contributed by atoms with Crippen LogP contribution in [0.4, 0.5) is 0 Å². The third kappa shape index (κ3) is 2.31. The zero-order valence-corrected chi connectivity index (χ0v) is 10.3. The van der Waals surface area contributed by atoms with E-state index < -0.39 is 0 Å². The van der Waals surface area contributed by atoms with Gasteiger partial charge in [0.2, 0.25) is 5.91 Å². The van der Waals surface area contributed by atoms with Gasteiger partial charge >= 0.3 is 0 Å². The van der Waals surface area contributed by atoms with Crippen LogP contribution in [0.2, 0.25) is 0 Å². The van der Waals surface area contributed by atoms with Gasteiger partial charge in [0.25, 0.3) is 0 Å². The maximum atomic E-state index is 11.7. The van der Waals surface area contributed by atoms with Crippen LogP contribution in [0.15, 0.2) is 0 Å². The summed E-state index contributed by atoms with van der Waals surface area (Å²) in [6.07, 6.45) is 7.33. The molecule has 1 saturated carbocycles. The van der Waals surface area contributed by atoms with Crippen molar-refractivity contribution in [1.29, 1.82) is 0 Å². The van der Waals surface area contributed by atoms with Crippen LogP contribution in [-0.4, -0.2) is 41.1 Å². The molecule has 1 atom stereocenters. The molecule has 2 fully saturated rings. The fraction of sp³-hybridized carbons (Fsp3) is 0.909. The number of nitrogens with zero attached hydrogens (tertiary/aromatic N) is 1. The van der Waals surface area contributed by atoms with E-state index in [-0.39, 0.29) is 12.1 Å². The van der Waals surface area contributed by atoms with E-state index in [1.807, 2.05) is 11.8 Å². The Hall–Kier alpha value is -0.220. The van der Waals surface area contributed by atoms with Gasteiger partial charge in [0.1, 0.15) is 0 Å². The average Bonchev–Trinajstić information content (AvgIpc) is 2.59. The first-order valence-electron chi connectivity index (χ1n) is 5.79. The first-order chi connectivity index (χ1) is 7.22. The van der Waals surface area contributed by atoms with Crippen molar-refractivity contribution in [1.82, 2.24) is 10.2 Å². The minimum Gasteiger partial charge on any atom is -0.323 e. The molecule has 3 nitrogen and oxygen atoms in total. The van der Waals surface area contributed by atoms with Crippen LogP contribution in [0.1, 0.15) is 32.6 Å². The SMILES string of the molecule is CSC1CCC(N2C(=O)CNC2C)CC1. The Morgan fingerprint density at radius 1 is 1.33 bits per heavy atom. The lowest BCUT2D eigenvalue weighted by molar-refractivity contribution is -0.130. The summed E-state index contributed by atoms with van der Waals surface area (Å²) in [4.78, 5) is 13.8. The number of thioether (sulfide) groups is 1. The van der Waals surface area contributed by atoms with E-state index in [9.17, 15) is 4.79 Å². The van der Waals surface area contributed by atoms with Gasteiger partial charge in [0.15, 0.2) is 0 Å². The highest BCUT2D eigenvalue weighted by Crippen LogP contribution is 2.30. The number of hydrogen-bond donors (Lipinski definition) is 1. The minimum atomic E-state index is 0.244. The summed E-state index contributed by atoms with van der Waals surface area (Å²) in [5.74, 6) is 0.287. The summed E-state index contributed by atoms with van der Waals surface area (Å²) in [7, 11) is 0. The molecule has 0 aromatic heterocycles. The van der Waals surface area contributed by atoms with Crippen molar-refractivity contribution < 1.29 is 4.79 Å². The highest BCUT2D eigenvalue weighted by atomic mass is 32.2. The number of carbonyl (C=O) groups excluding carboxylic acids is 1. The smallest absolute Gasteiger partial charge is 0.238 e. The van der Waals surface area contributed by atoms with Gasteiger partial charge in [0.05, 0.1) is 12.7 Å². The van der Waals surface area contributed by atoms with E-state index in [2.05, 4.69) is 23.4 Å². The molecular formula is C11H20N2OS. The number of nitrogens with one attached hydrogen (secondary N) is 1. The van der Waals surface area contributed by atoms with E-state index in [4.69, 9.17) is 0 Å². The van der Waals surface area contributed by atoms with Crippen molar-refractivity contribution in [2.45, 2.75) is 50.1 Å². The number of hydrogen-bond acceptors (Lipinski definition) is 3. The molecular weight excluding hydrogens is 208 g/mol. The molecule has 2 aliphatic rings. The van der Waals surface area contributed by atoms with E-state index in [0.29, 0.717) is 12.6 Å². The van der Waals surface area contributed by atoms with Gasteiger partial charge in [-0.1, -0.05) is 0 Å². The molecule has 2 rings (SSSR count). The Kier molecular flexibility index (Phi) is 3.57. The van der Waals surface area contributed by atoms with Gasteiger partial charge in [-0.05, 0) is 38.9 Å². The molecule has 0 aromatic rings. The number of carbonyl (C=O) groups is 1. The molecule has 1 amide bonds. The fourth-order valence-corrected chi connectivity index (χ4v) is 3.46. The van der Waals surface area contributed by atoms with Gasteiger partial charge < -0.3 is 4.90 Å². The normalized spacial score (nSPS) is 37.3. The van der Waals surface area contributed by atoms with Crippen molar-refractivity contribution in [2.24, 2.45) is 0 Å². The van der Waals surface area contributed by atoms with E-state index in [0.717, 1.165) is 5.25 Å². The van der Waals surface area contributed by atoms with Crippen LogP contribution in [-0.2, 0) is 4.79 Å². The molecule has 1 saturated heterocycles. The fourth-order valence-electron chi connectivity index (χ4n) is 2.72. The summed E-state index contributed by atoms with van der Waals surface area (Å²) >= 11 is 1.97. The van der Waals surface area contributed by atoms with Crippen molar-refractivity contribution in [3.05, 3.63) is 0 Å². The highest BCUT2D eigenvalue weighted by Gasteiger charge is 2.35. The molecule has 1 aliphatic carbocycles. The van der Waals surface area contributed by atoms with Crippen LogP contribution in [0.25, 0.3) is 0 Å². The van der Waals surface area contributed by atoms with Gasteiger partial charge in [0, 0.05) is 11.3 Å². The van der Waals surface area contributed by atoms with Gasteiger partial charge in [-0.2, -0.15) is 11.8 Å². The van der Waals surface area contributed by atoms with Crippen molar-refractivity contribution in [2.75, 3.05) is 12.8 Å². The van der Waals surface area contributed by atoms with Gasteiger partial charge in [-0.15, -0.1) is 0 Å². The van der Waals surface area contributed by atoms with Crippen molar-refractivity contribution in [3.8, 4) is 0 Å². The molecule has 1 aliphatic heterocycles. The summed E-state index contributed by atoms with van der Waals surface area (Å²) < 4.78 is 0. The monoisotopic (exact) mass is 228 g/mol. The van der Waals surface area contributed by atoms with Crippen LogP contribution < -0.4 is 5.32 Å². The predicted molar refractivity (Wildman–Crippen MR) is 63.9 cm³/mol.